The van der Waals surface area contributed by atoms with Crippen LogP contribution in [0.1, 0.15) is 16.1 Å². The fourth-order valence-corrected chi connectivity index (χ4v) is 2.54. The number of benzene rings is 1. The summed E-state index contributed by atoms with van der Waals surface area (Å²) in [5, 5.41) is 6.35. The van der Waals surface area contributed by atoms with Crippen molar-refractivity contribution in [1.29, 1.82) is 0 Å². The molecule has 8 heteroatoms. The minimum absolute atomic E-state index is 0.0938. The summed E-state index contributed by atoms with van der Waals surface area (Å²) in [6.07, 6.45) is 3.46. The van der Waals surface area contributed by atoms with E-state index in [4.69, 9.17) is 9.26 Å². The second-order valence-electron chi connectivity index (χ2n) is 5.54. The molecule has 3 aromatic heterocycles. The molecule has 0 bridgehead atoms. The summed E-state index contributed by atoms with van der Waals surface area (Å²) in [6, 6.07) is 13.1. The number of ether oxygens (including phenoxy) is 1. The number of hydrogen-bond donors (Lipinski definition) is 1. The molecule has 3 heterocycles. The highest BCUT2D eigenvalue weighted by atomic mass is 16.5. The molecule has 0 spiro atoms. The van der Waals surface area contributed by atoms with Crippen LogP contribution in [0.25, 0.3) is 16.9 Å². The summed E-state index contributed by atoms with van der Waals surface area (Å²) in [7, 11) is 1.45. The van der Waals surface area contributed by atoms with Gasteiger partial charge in [0.1, 0.15) is 12.1 Å². The van der Waals surface area contributed by atoms with E-state index in [0.717, 1.165) is 22.4 Å². The highest BCUT2D eigenvalue weighted by Gasteiger charge is 2.13. The van der Waals surface area contributed by atoms with Gasteiger partial charge in [-0.2, -0.15) is 0 Å². The molecule has 0 saturated carbocycles. The largest absolute Gasteiger partial charge is 0.479 e. The highest BCUT2D eigenvalue weighted by Crippen LogP contribution is 2.16. The van der Waals surface area contributed by atoms with Gasteiger partial charge in [0.25, 0.3) is 11.8 Å². The van der Waals surface area contributed by atoms with E-state index in [-0.39, 0.29) is 17.5 Å². The zero-order valence-corrected chi connectivity index (χ0v) is 13.9. The lowest BCUT2D eigenvalue weighted by molar-refractivity contribution is 0.0913. The van der Waals surface area contributed by atoms with Gasteiger partial charge in [0, 0.05) is 12.7 Å². The molecule has 4 rings (SSSR count). The number of carbonyl (C=O) groups excluding carboxylic acids is 1. The lowest BCUT2D eigenvalue weighted by Gasteiger charge is -2.06. The molecule has 130 valence electrons. The second-order valence-corrected chi connectivity index (χ2v) is 5.54. The lowest BCUT2D eigenvalue weighted by atomic mass is 10.2. The van der Waals surface area contributed by atoms with Gasteiger partial charge in [-0.05, 0) is 28.9 Å². The zero-order valence-electron chi connectivity index (χ0n) is 13.9. The molecular weight excluding hydrogens is 334 g/mol. The minimum Gasteiger partial charge on any atom is -0.479 e. The van der Waals surface area contributed by atoms with Crippen LogP contribution in [0.2, 0.25) is 0 Å². The summed E-state index contributed by atoms with van der Waals surface area (Å²) >= 11 is 0. The first-order chi connectivity index (χ1) is 12.7. The zero-order chi connectivity index (χ0) is 17.9. The van der Waals surface area contributed by atoms with Gasteiger partial charge in [-0.25, -0.2) is 9.97 Å². The predicted octanol–water partition coefficient (Wildman–Crippen LogP) is 2.35. The second kappa shape index (κ2) is 6.67. The fraction of sp³-hybridized carbons (Fsp3) is 0.111. The summed E-state index contributed by atoms with van der Waals surface area (Å²) in [5.74, 6) is 0.740. The molecule has 0 aliphatic heterocycles. The number of para-hydroxylation sites is 2. The first kappa shape index (κ1) is 15.8. The smallest absolute Gasteiger partial charge is 0.290 e. The van der Waals surface area contributed by atoms with Crippen LogP contribution in [0.4, 0.5) is 0 Å². The number of hydrogen-bond acceptors (Lipinski definition) is 6. The number of carbonyl (C=O) groups is 1. The van der Waals surface area contributed by atoms with E-state index in [1.165, 1.54) is 13.2 Å². The summed E-state index contributed by atoms with van der Waals surface area (Å²) in [5.41, 5.74) is 2.76. The van der Waals surface area contributed by atoms with E-state index >= 15 is 0 Å². The molecule has 0 aliphatic carbocycles. The van der Waals surface area contributed by atoms with Crippen LogP contribution in [0, 0.1) is 0 Å². The molecule has 0 radical (unpaired) electrons. The van der Waals surface area contributed by atoms with Gasteiger partial charge in [-0.15, -0.1) is 0 Å². The number of aromatic nitrogens is 4. The van der Waals surface area contributed by atoms with Crippen LogP contribution < -0.4 is 10.1 Å². The molecule has 8 nitrogen and oxygen atoms in total. The third-order valence-corrected chi connectivity index (χ3v) is 3.88. The number of rotatable bonds is 5. The molecule has 0 fully saturated rings. The SMILES string of the molecule is COc1cc(C(=O)NCc2ccc(-n3cnc4ccccc43)nc2)on1. The maximum absolute atomic E-state index is 12.0. The molecule has 0 atom stereocenters. The van der Waals surface area contributed by atoms with Crippen molar-refractivity contribution in [2.24, 2.45) is 0 Å². The lowest BCUT2D eigenvalue weighted by Crippen LogP contribution is -2.22. The average Bonchev–Trinajstić information content (AvgIpc) is 3.33. The van der Waals surface area contributed by atoms with Gasteiger partial charge in [0.05, 0.1) is 24.2 Å². The van der Waals surface area contributed by atoms with E-state index in [0.29, 0.717) is 6.54 Å². The average molecular weight is 349 g/mol. The number of nitrogens with zero attached hydrogens (tertiary/aromatic N) is 4. The van der Waals surface area contributed by atoms with Crippen molar-refractivity contribution in [2.75, 3.05) is 7.11 Å². The number of fused-ring (bicyclic) bond motifs is 1. The maximum atomic E-state index is 12.0. The van der Waals surface area contributed by atoms with Crippen LogP contribution in [-0.2, 0) is 6.54 Å². The normalized spacial score (nSPS) is 10.8. The van der Waals surface area contributed by atoms with Gasteiger partial charge in [0.15, 0.2) is 0 Å². The van der Waals surface area contributed by atoms with Gasteiger partial charge >= 0.3 is 0 Å². The number of amides is 1. The molecule has 1 N–H and O–H groups in total. The Hall–Kier alpha value is -3.68. The molecular formula is C18H15N5O3. The Morgan fingerprint density at radius 2 is 2.12 bits per heavy atom. The highest BCUT2D eigenvalue weighted by molar-refractivity contribution is 5.91. The Kier molecular flexibility index (Phi) is 4.06. The van der Waals surface area contributed by atoms with Gasteiger partial charge in [-0.1, -0.05) is 18.2 Å². The monoisotopic (exact) mass is 349 g/mol. The number of pyridine rings is 1. The molecule has 0 unspecified atom stereocenters. The van der Waals surface area contributed by atoms with Crippen LogP contribution in [0.15, 0.2) is 59.5 Å². The summed E-state index contributed by atoms with van der Waals surface area (Å²) in [4.78, 5) is 20.8. The molecule has 0 aliphatic rings. The van der Waals surface area contributed by atoms with Crippen LogP contribution in [-0.4, -0.2) is 32.7 Å². The minimum atomic E-state index is -0.370. The van der Waals surface area contributed by atoms with Crippen LogP contribution >= 0.6 is 0 Å². The van der Waals surface area contributed by atoms with E-state index in [2.05, 4.69) is 20.4 Å². The third-order valence-electron chi connectivity index (χ3n) is 3.88. The standard InChI is InChI=1S/C18H15N5O3/c1-25-17-8-15(26-22-17)18(24)20-10-12-6-7-16(19-9-12)23-11-21-13-4-2-3-5-14(13)23/h2-9,11H,10H2,1H3,(H,20,24). The number of methoxy groups -OCH3 is 1. The molecule has 1 amide bonds. The first-order valence-corrected chi connectivity index (χ1v) is 7.91. The van der Waals surface area contributed by atoms with Gasteiger partial charge in [-0.3, -0.25) is 9.36 Å². The van der Waals surface area contributed by atoms with E-state index in [1.54, 1.807) is 12.5 Å². The Balaban J connectivity index is 1.45. The van der Waals surface area contributed by atoms with Crippen molar-refractivity contribution < 1.29 is 14.1 Å². The van der Waals surface area contributed by atoms with Crippen molar-refractivity contribution in [3.8, 4) is 11.7 Å². The summed E-state index contributed by atoms with van der Waals surface area (Å²) in [6.45, 7) is 0.319. The maximum Gasteiger partial charge on any atom is 0.290 e. The molecule has 26 heavy (non-hydrogen) atoms. The third kappa shape index (κ3) is 3.00. The van der Waals surface area contributed by atoms with Crippen LogP contribution in [0.5, 0.6) is 5.88 Å². The molecule has 4 aromatic rings. The van der Waals surface area contributed by atoms with Crippen molar-refractivity contribution in [2.45, 2.75) is 6.54 Å². The van der Waals surface area contributed by atoms with E-state index in [9.17, 15) is 4.79 Å². The number of imidazole rings is 1. The predicted molar refractivity (Wildman–Crippen MR) is 93.1 cm³/mol. The van der Waals surface area contributed by atoms with E-state index < -0.39 is 0 Å². The molecule has 1 aromatic carbocycles. The molecule has 0 saturated heterocycles. The topological polar surface area (TPSA) is 95.1 Å². The van der Waals surface area contributed by atoms with Crippen molar-refractivity contribution in [3.05, 3.63) is 66.3 Å². The first-order valence-electron chi connectivity index (χ1n) is 7.91. The van der Waals surface area contributed by atoms with Crippen LogP contribution in [0.3, 0.4) is 0 Å². The van der Waals surface area contributed by atoms with E-state index in [1.807, 2.05) is 41.0 Å². The number of nitrogens with one attached hydrogen (secondary N) is 1. The quantitative estimate of drug-likeness (QED) is 0.594. The van der Waals surface area contributed by atoms with Gasteiger partial charge in [0.2, 0.25) is 5.76 Å². The Bertz CT molecular complexity index is 1050. The fourth-order valence-electron chi connectivity index (χ4n) is 2.54. The van der Waals surface area contributed by atoms with Crippen molar-refractivity contribution >= 4 is 16.9 Å². The summed E-state index contributed by atoms with van der Waals surface area (Å²) < 4.78 is 11.7. The Labute approximate surface area is 148 Å². The Morgan fingerprint density at radius 3 is 2.88 bits per heavy atom. The van der Waals surface area contributed by atoms with Crippen molar-refractivity contribution in [3.63, 3.8) is 0 Å². The van der Waals surface area contributed by atoms with Gasteiger partial charge < -0.3 is 14.6 Å². The Morgan fingerprint density at radius 1 is 1.23 bits per heavy atom. The van der Waals surface area contributed by atoms with Crippen molar-refractivity contribution in [1.82, 2.24) is 25.0 Å².